The summed E-state index contributed by atoms with van der Waals surface area (Å²) in [5, 5.41) is 3.43. The Hall–Kier alpha value is -0.510. The van der Waals surface area contributed by atoms with Gasteiger partial charge in [-0.1, -0.05) is 30.3 Å². The Morgan fingerprint density at radius 1 is 1.35 bits per heavy atom. The number of hydrogen-bond acceptors (Lipinski definition) is 3. The van der Waals surface area contributed by atoms with Gasteiger partial charge in [0.1, 0.15) is 0 Å². The van der Waals surface area contributed by atoms with Crippen LogP contribution in [0.15, 0.2) is 30.3 Å². The topological polar surface area (TPSA) is 15.3 Å². The van der Waals surface area contributed by atoms with E-state index >= 15 is 0 Å². The number of nitrogens with one attached hydrogen (secondary N) is 1. The zero-order valence-electron chi connectivity index (χ0n) is 10.6. The third-order valence-corrected chi connectivity index (χ3v) is 4.28. The largest absolute Gasteiger partial charge is 0.314 e. The summed E-state index contributed by atoms with van der Waals surface area (Å²) in [6.45, 7) is 7.03. The maximum absolute atomic E-state index is 3.43. The van der Waals surface area contributed by atoms with E-state index in [9.17, 15) is 0 Å². The normalized spacial score (nSPS) is 21.6. The van der Waals surface area contributed by atoms with E-state index in [0.29, 0.717) is 6.04 Å². The van der Waals surface area contributed by atoms with E-state index in [2.05, 4.69) is 47.5 Å². The van der Waals surface area contributed by atoms with E-state index in [4.69, 9.17) is 0 Å². The highest BCUT2D eigenvalue weighted by Gasteiger charge is 2.16. The molecule has 0 aromatic heterocycles. The first-order chi connectivity index (χ1) is 8.36. The van der Waals surface area contributed by atoms with Crippen molar-refractivity contribution >= 4 is 11.8 Å². The van der Waals surface area contributed by atoms with Gasteiger partial charge in [0.05, 0.1) is 0 Å². The van der Waals surface area contributed by atoms with E-state index in [0.717, 1.165) is 18.8 Å². The highest BCUT2D eigenvalue weighted by Crippen LogP contribution is 2.12. The van der Waals surface area contributed by atoms with E-state index in [1.165, 1.54) is 24.4 Å². The van der Waals surface area contributed by atoms with Gasteiger partial charge in [-0.15, -0.1) is 0 Å². The third-order valence-electron chi connectivity index (χ3n) is 3.27. The molecule has 94 valence electrons. The summed E-state index contributed by atoms with van der Waals surface area (Å²) in [7, 11) is 0. The average molecular weight is 250 g/mol. The van der Waals surface area contributed by atoms with Crippen molar-refractivity contribution in [2.24, 2.45) is 0 Å². The third kappa shape index (κ3) is 4.34. The SMILES string of the molecule is CC1CNCCN1CCSCc1ccccc1. The van der Waals surface area contributed by atoms with Gasteiger partial charge in [-0.2, -0.15) is 11.8 Å². The molecule has 0 aliphatic carbocycles. The fourth-order valence-electron chi connectivity index (χ4n) is 2.16. The number of rotatable bonds is 5. The number of hydrogen-bond donors (Lipinski definition) is 1. The molecular weight excluding hydrogens is 228 g/mol. The van der Waals surface area contributed by atoms with Crippen LogP contribution in [0.1, 0.15) is 12.5 Å². The van der Waals surface area contributed by atoms with Crippen molar-refractivity contribution in [2.45, 2.75) is 18.7 Å². The first kappa shape index (κ1) is 12.9. The highest BCUT2D eigenvalue weighted by atomic mass is 32.2. The summed E-state index contributed by atoms with van der Waals surface area (Å²) in [6.07, 6.45) is 0. The average Bonchev–Trinajstić information content (AvgIpc) is 2.38. The molecular formula is C14H22N2S. The molecule has 1 unspecified atom stereocenters. The summed E-state index contributed by atoms with van der Waals surface area (Å²) >= 11 is 2.04. The number of benzene rings is 1. The second kappa shape index (κ2) is 7.04. The van der Waals surface area contributed by atoms with Gasteiger partial charge < -0.3 is 5.32 Å². The second-order valence-electron chi connectivity index (χ2n) is 4.63. The van der Waals surface area contributed by atoms with Crippen LogP contribution >= 0.6 is 11.8 Å². The lowest BCUT2D eigenvalue weighted by atomic mass is 10.2. The summed E-state index contributed by atoms with van der Waals surface area (Å²) in [5.74, 6) is 2.38. The van der Waals surface area contributed by atoms with Gasteiger partial charge in [0.25, 0.3) is 0 Å². The maximum Gasteiger partial charge on any atom is 0.0193 e. The van der Waals surface area contributed by atoms with Gasteiger partial charge in [-0.3, -0.25) is 4.90 Å². The summed E-state index contributed by atoms with van der Waals surface area (Å²) < 4.78 is 0. The molecule has 0 spiro atoms. The van der Waals surface area contributed by atoms with Crippen molar-refractivity contribution in [1.29, 1.82) is 0 Å². The first-order valence-electron chi connectivity index (χ1n) is 6.42. The standard InChI is InChI=1S/C14H22N2S/c1-13-11-15-7-8-16(13)9-10-17-12-14-5-3-2-4-6-14/h2-6,13,15H,7-12H2,1H3. The van der Waals surface area contributed by atoms with Crippen LogP contribution in [0.3, 0.4) is 0 Å². The highest BCUT2D eigenvalue weighted by molar-refractivity contribution is 7.98. The molecule has 17 heavy (non-hydrogen) atoms. The summed E-state index contributed by atoms with van der Waals surface area (Å²) in [4.78, 5) is 2.59. The molecule has 1 aromatic carbocycles. The Balaban J connectivity index is 1.63. The molecule has 1 N–H and O–H groups in total. The van der Waals surface area contributed by atoms with E-state index < -0.39 is 0 Å². The van der Waals surface area contributed by atoms with Crippen LogP contribution < -0.4 is 5.32 Å². The van der Waals surface area contributed by atoms with Crippen LogP contribution in [-0.2, 0) is 5.75 Å². The van der Waals surface area contributed by atoms with Crippen LogP contribution in [0.25, 0.3) is 0 Å². The molecule has 3 heteroatoms. The van der Waals surface area contributed by atoms with Crippen LogP contribution in [0.2, 0.25) is 0 Å². The minimum absolute atomic E-state index is 0.695. The molecule has 2 rings (SSSR count). The molecule has 0 bridgehead atoms. The lowest BCUT2D eigenvalue weighted by Gasteiger charge is -2.33. The number of thioether (sulfide) groups is 1. The van der Waals surface area contributed by atoms with E-state index in [-0.39, 0.29) is 0 Å². The fourth-order valence-corrected chi connectivity index (χ4v) is 3.10. The van der Waals surface area contributed by atoms with Crippen LogP contribution in [-0.4, -0.2) is 42.9 Å². The van der Waals surface area contributed by atoms with Crippen molar-refractivity contribution in [3.63, 3.8) is 0 Å². The molecule has 0 radical (unpaired) electrons. The summed E-state index contributed by atoms with van der Waals surface area (Å²) in [6, 6.07) is 11.4. The van der Waals surface area contributed by atoms with Gasteiger partial charge in [-0.05, 0) is 12.5 Å². The molecule has 2 nitrogen and oxygen atoms in total. The molecule has 1 saturated heterocycles. The minimum atomic E-state index is 0.695. The molecule has 1 aliphatic heterocycles. The maximum atomic E-state index is 3.43. The fraction of sp³-hybridized carbons (Fsp3) is 0.571. The molecule has 1 aromatic rings. The quantitative estimate of drug-likeness (QED) is 0.807. The second-order valence-corrected chi connectivity index (χ2v) is 5.73. The van der Waals surface area contributed by atoms with Gasteiger partial charge >= 0.3 is 0 Å². The molecule has 0 saturated carbocycles. The zero-order chi connectivity index (χ0) is 11.9. The molecule has 1 aliphatic rings. The monoisotopic (exact) mass is 250 g/mol. The van der Waals surface area contributed by atoms with Gasteiger partial charge in [-0.25, -0.2) is 0 Å². The smallest absolute Gasteiger partial charge is 0.0193 e. The van der Waals surface area contributed by atoms with E-state index in [1.807, 2.05) is 11.8 Å². The number of piperazine rings is 1. The van der Waals surface area contributed by atoms with Gasteiger partial charge in [0.2, 0.25) is 0 Å². The molecule has 1 fully saturated rings. The molecule has 1 atom stereocenters. The predicted molar refractivity (Wildman–Crippen MR) is 76.5 cm³/mol. The van der Waals surface area contributed by atoms with Crippen molar-refractivity contribution < 1.29 is 0 Å². The lowest BCUT2D eigenvalue weighted by molar-refractivity contribution is 0.184. The molecule has 0 amide bonds. The Labute approximate surface area is 109 Å². The Bertz CT molecular complexity index is 315. The Morgan fingerprint density at radius 3 is 2.94 bits per heavy atom. The summed E-state index contributed by atoms with van der Waals surface area (Å²) in [5.41, 5.74) is 1.44. The number of nitrogens with zero attached hydrogens (tertiary/aromatic N) is 1. The van der Waals surface area contributed by atoms with Crippen LogP contribution in [0.5, 0.6) is 0 Å². The van der Waals surface area contributed by atoms with Crippen molar-refractivity contribution in [1.82, 2.24) is 10.2 Å². The van der Waals surface area contributed by atoms with Gasteiger partial charge in [0, 0.05) is 43.7 Å². The van der Waals surface area contributed by atoms with E-state index in [1.54, 1.807) is 0 Å². The Morgan fingerprint density at radius 2 is 2.18 bits per heavy atom. The predicted octanol–water partition coefficient (Wildman–Crippen LogP) is 2.21. The van der Waals surface area contributed by atoms with Crippen LogP contribution in [0, 0.1) is 0 Å². The zero-order valence-corrected chi connectivity index (χ0v) is 11.4. The van der Waals surface area contributed by atoms with Gasteiger partial charge in [0.15, 0.2) is 0 Å². The lowest BCUT2D eigenvalue weighted by Crippen LogP contribution is -2.50. The van der Waals surface area contributed by atoms with Crippen molar-refractivity contribution in [3.8, 4) is 0 Å². The minimum Gasteiger partial charge on any atom is -0.314 e. The first-order valence-corrected chi connectivity index (χ1v) is 7.58. The Kier molecular flexibility index (Phi) is 5.36. The van der Waals surface area contributed by atoms with Crippen molar-refractivity contribution in [3.05, 3.63) is 35.9 Å². The molecule has 1 heterocycles. The van der Waals surface area contributed by atoms with Crippen LogP contribution in [0.4, 0.5) is 0 Å². The van der Waals surface area contributed by atoms with Crippen molar-refractivity contribution in [2.75, 3.05) is 31.9 Å².